The molecule has 0 radical (unpaired) electrons. The van der Waals surface area contributed by atoms with Crippen molar-refractivity contribution in [3.63, 3.8) is 0 Å². The number of pyridine rings is 1. The smallest absolute Gasteiger partial charge is 0.207 e. The molecule has 0 aliphatic carbocycles. The second kappa shape index (κ2) is 5.66. The monoisotopic (exact) mass is 328 g/mol. The van der Waals surface area contributed by atoms with Gasteiger partial charge in [-0.15, -0.1) is 0 Å². The van der Waals surface area contributed by atoms with Crippen molar-refractivity contribution in [1.29, 1.82) is 0 Å². The van der Waals surface area contributed by atoms with Crippen LogP contribution in [-0.2, 0) is 12.5 Å². The topological polar surface area (TPSA) is 6.89 Å². The van der Waals surface area contributed by atoms with Gasteiger partial charge in [0.05, 0.1) is 5.41 Å². The van der Waals surface area contributed by atoms with Crippen molar-refractivity contribution in [2.75, 3.05) is 7.05 Å². The van der Waals surface area contributed by atoms with Crippen LogP contribution in [0.15, 0.2) is 67.0 Å². The summed E-state index contributed by atoms with van der Waals surface area (Å²) in [6.07, 6.45) is 8.89. The van der Waals surface area contributed by atoms with Gasteiger partial charge < -0.3 is 0 Å². The zero-order valence-corrected chi connectivity index (χ0v) is 15.3. The first-order valence-electron chi connectivity index (χ1n) is 8.75. The van der Waals surface area contributed by atoms with Crippen molar-refractivity contribution < 1.29 is 9.14 Å². The van der Waals surface area contributed by atoms with E-state index >= 15 is 0 Å². The van der Waals surface area contributed by atoms with Gasteiger partial charge in [0, 0.05) is 34.0 Å². The van der Waals surface area contributed by atoms with Crippen LogP contribution in [0.3, 0.4) is 0 Å². The molecule has 0 amide bonds. The largest absolute Gasteiger partial charge is 0.209 e. The highest BCUT2D eigenvalue weighted by molar-refractivity contribution is 6.06. The van der Waals surface area contributed by atoms with E-state index in [1.54, 1.807) is 0 Å². The quantitative estimate of drug-likeness (QED) is 0.616. The minimum absolute atomic E-state index is 0.00855. The van der Waals surface area contributed by atoms with Crippen LogP contribution in [0.25, 0.3) is 16.8 Å². The zero-order chi connectivity index (χ0) is 17.6. The standard InChI is InChI=1S/C23H24N2/c1-23(2)20-11-7-8-12-21(20)25(4)22(23)14-13-18-16-24(3)15-17-9-5-6-10-19(17)18/h5-16H,1-4H3/q+2/b14-13+. The Kier molecular flexibility index (Phi) is 3.57. The van der Waals surface area contributed by atoms with Crippen LogP contribution in [0.5, 0.6) is 0 Å². The van der Waals surface area contributed by atoms with Crippen LogP contribution in [0, 0.1) is 0 Å². The molecule has 0 saturated carbocycles. The van der Waals surface area contributed by atoms with Gasteiger partial charge in [0.15, 0.2) is 18.1 Å². The molecule has 0 fully saturated rings. The highest BCUT2D eigenvalue weighted by atomic mass is 15.0. The second-order valence-electron chi connectivity index (χ2n) is 7.39. The first-order chi connectivity index (χ1) is 12.0. The Hall–Kier alpha value is -2.74. The van der Waals surface area contributed by atoms with Crippen molar-refractivity contribution in [1.82, 2.24) is 0 Å². The molecular weight excluding hydrogens is 304 g/mol. The normalized spacial score (nSPS) is 16.0. The lowest BCUT2D eigenvalue weighted by Gasteiger charge is -2.15. The lowest BCUT2D eigenvalue weighted by molar-refractivity contribution is -0.670. The van der Waals surface area contributed by atoms with Gasteiger partial charge in [0.1, 0.15) is 14.1 Å². The fourth-order valence-corrected chi connectivity index (χ4v) is 4.02. The van der Waals surface area contributed by atoms with Crippen LogP contribution in [0.4, 0.5) is 5.69 Å². The molecule has 25 heavy (non-hydrogen) atoms. The van der Waals surface area contributed by atoms with Crippen molar-refractivity contribution in [3.05, 3.63) is 78.1 Å². The fraction of sp³-hybridized carbons (Fsp3) is 0.217. The molecular formula is C23H24N2+2. The van der Waals surface area contributed by atoms with E-state index in [4.69, 9.17) is 0 Å². The summed E-state index contributed by atoms with van der Waals surface area (Å²) in [4.78, 5) is 0. The molecule has 0 unspecified atom stereocenters. The van der Waals surface area contributed by atoms with Gasteiger partial charge in [-0.25, -0.2) is 4.57 Å². The third-order valence-corrected chi connectivity index (χ3v) is 5.32. The zero-order valence-electron chi connectivity index (χ0n) is 15.3. The Morgan fingerprint density at radius 2 is 1.56 bits per heavy atom. The molecule has 124 valence electrons. The molecule has 3 aromatic rings. The summed E-state index contributed by atoms with van der Waals surface area (Å²) in [5.74, 6) is 0. The van der Waals surface area contributed by atoms with E-state index < -0.39 is 0 Å². The highest BCUT2D eigenvalue weighted by Crippen LogP contribution is 2.39. The number of hydrogen-bond acceptors (Lipinski definition) is 0. The number of aromatic nitrogens is 1. The van der Waals surface area contributed by atoms with E-state index in [1.807, 2.05) is 0 Å². The molecule has 0 atom stereocenters. The lowest BCUT2D eigenvalue weighted by atomic mass is 9.81. The molecule has 0 N–H and O–H groups in total. The van der Waals surface area contributed by atoms with Crippen molar-refractivity contribution in [2.45, 2.75) is 19.3 Å². The Labute approximate surface area is 149 Å². The van der Waals surface area contributed by atoms with Crippen LogP contribution >= 0.6 is 0 Å². The molecule has 2 heterocycles. The number of benzene rings is 2. The van der Waals surface area contributed by atoms with Gasteiger partial charge in [-0.3, -0.25) is 0 Å². The van der Waals surface area contributed by atoms with Gasteiger partial charge >= 0.3 is 0 Å². The Bertz CT molecular complexity index is 1040. The maximum Gasteiger partial charge on any atom is 0.209 e. The minimum Gasteiger partial charge on any atom is -0.207 e. The van der Waals surface area contributed by atoms with E-state index in [0.717, 1.165) is 0 Å². The summed E-state index contributed by atoms with van der Waals surface area (Å²) >= 11 is 0. The van der Waals surface area contributed by atoms with Gasteiger partial charge in [0.25, 0.3) is 0 Å². The maximum absolute atomic E-state index is 2.32. The summed E-state index contributed by atoms with van der Waals surface area (Å²) in [6.45, 7) is 4.61. The third kappa shape index (κ3) is 2.49. The van der Waals surface area contributed by atoms with E-state index in [9.17, 15) is 0 Å². The van der Waals surface area contributed by atoms with Gasteiger partial charge in [-0.1, -0.05) is 36.4 Å². The van der Waals surface area contributed by atoms with Gasteiger partial charge in [-0.2, -0.15) is 4.58 Å². The van der Waals surface area contributed by atoms with Crippen LogP contribution in [0.2, 0.25) is 0 Å². The number of nitrogens with zero attached hydrogens (tertiary/aromatic N) is 2. The van der Waals surface area contributed by atoms with E-state index in [-0.39, 0.29) is 5.41 Å². The third-order valence-electron chi connectivity index (χ3n) is 5.32. The lowest BCUT2D eigenvalue weighted by Crippen LogP contribution is -2.27. The molecule has 0 saturated heterocycles. The predicted molar refractivity (Wildman–Crippen MR) is 104 cm³/mol. The molecule has 2 nitrogen and oxygen atoms in total. The summed E-state index contributed by atoms with van der Waals surface area (Å²) in [6, 6.07) is 17.2. The minimum atomic E-state index is 0.00855. The Morgan fingerprint density at radius 1 is 0.840 bits per heavy atom. The molecule has 0 bridgehead atoms. The molecule has 2 heteroatoms. The maximum atomic E-state index is 2.32. The number of hydrogen-bond donors (Lipinski definition) is 0. The van der Waals surface area contributed by atoms with Crippen LogP contribution in [0.1, 0.15) is 25.0 Å². The van der Waals surface area contributed by atoms with Crippen molar-refractivity contribution in [3.8, 4) is 0 Å². The first kappa shape index (κ1) is 15.8. The van der Waals surface area contributed by atoms with Crippen molar-refractivity contribution >= 4 is 28.2 Å². The first-order valence-corrected chi connectivity index (χ1v) is 8.75. The average Bonchev–Trinajstić information content (AvgIpc) is 2.79. The average molecular weight is 328 g/mol. The van der Waals surface area contributed by atoms with Crippen LogP contribution < -0.4 is 4.57 Å². The van der Waals surface area contributed by atoms with E-state index in [2.05, 4.69) is 110 Å². The molecule has 1 aliphatic rings. The Morgan fingerprint density at radius 3 is 2.36 bits per heavy atom. The Balaban J connectivity index is 1.83. The van der Waals surface area contributed by atoms with Crippen LogP contribution in [-0.4, -0.2) is 17.3 Å². The second-order valence-corrected chi connectivity index (χ2v) is 7.39. The predicted octanol–water partition coefficient (Wildman–Crippen LogP) is 4.38. The van der Waals surface area contributed by atoms with Gasteiger partial charge in [-0.05, 0) is 26.0 Å². The number of rotatable bonds is 2. The number of allylic oxidation sites excluding steroid dienone is 1. The molecule has 2 aromatic carbocycles. The summed E-state index contributed by atoms with van der Waals surface area (Å²) < 4.78 is 4.45. The number of para-hydroxylation sites is 1. The number of fused-ring (bicyclic) bond motifs is 2. The van der Waals surface area contributed by atoms with E-state index in [0.29, 0.717) is 0 Å². The van der Waals surface area contributed by atoms with Crippen molar-refractivity contribution in [2.24, 2.45) is 7.05 Å². The summed E-state index contributed by atoms with van der Waals surface area (Å²) in [7, 11) is 4.24. The molecule has 4 rings (SSSR count). The number of aryl methyl sites for hydroxylation is 1. The SMILES string of the molecule is C[N+]1=C(/C=C/c2c[n+](C)cc3ccccc23)C(C)(C)c2ccccc21. The van der Waals surface area contributed by atoms with E-state index in [1.165, 1.54) is 33.3 Å². The molecule has 1 aromatic heterocycles. The summed E-state index contributed by atoms with van der Waals surface area (Å²) in [5.41, 5.74) is 5.27. The summed E-state index contributed by atoms with van der Waals surface area (Å²) in [5, 5.41) is 2.55. The highest BCUT2D eigenvalue weighted by Gasteiger charge is 2.42. The molecule has 1 aliphatic heterocycles. The fourth-order valence-electron chi connectivity index (χ4n) is 4.02. The molecule has 0 spiro atoms. The van der Waals surface area contributed by atoms with Gasteiger partial charge in [0.2, 0.25) is 5.69 Å².